The first-order valence-corrected chi connectivity index (χ1v) is 9.24. The summed E-state index contributed by atoms with van der Waals surface area (Å²) in [6, 6.07) is 3.86. The van der Waals surface area contributed by atoms with Gasteiger partial charge in [-0.3, -0.25) is 0 Å². The van der Waals surface area contributed by atoms with Crippen molar-refractivity contribution in [3.05, 3.63) is 23.9 Å². The molecule has 2 N–H and O–H groups in total. The van der Waals surface area contributed by atoms with Crippen LogP contribution in [0.2, 0.25) is 0 Å². The van der Waals surface area contributed by atoms with Gasteiger partial charge in [0.15, 0.2) is 5.96 Å². The molecule has 1 heterocycles. The molecule has 0 saturated heterocycles. The Morgan fingerprint density at radius 3 is 2.62 bits per heavy atom. The molecule has 150 valence electrons. The quantitative estimate of drug-likeness (QED) is 0.208. The Balaban J connectivity index is 0.00000625. The first-order chi connectivity index (χ1) is 12.2. The zero-order valence-electron chi connectivity index (χ0n) is 16.6. The number of aliphatic imine (C=N–C) groups is 1. The Hall–Kier alpha value is -1.09. The molecule has 0 fully saturated rings. The number of hydrogen-bond donors (Lipinski definition) is 2. The highest BCUT2D eigenvalue weighted by Crippen LogP contribution is 2.08. The van der Waals surface area contributed by atoms with Gasteiger partial charge in [0.05, 0.1) is 13.2 Å². The van der Waals surface area contributed by atoms with Gasteiger partial charge in [0.2, 0.25) is 5.88 Å². The second-order valence-electron chi connectivity index (χ2n) is 6.36. The van der Waals surface area contributed by atoms with E-state index in [1.54, 1.807) is 13.3 Å². The highest BCUT2D eigenvalue weighted by Gasteiger charge is 2.00. The normalized spacial score (nSPS) is 11.2. The minimum atomic E-state index is 0. The number of unbranched alkanes of at least 4 members (excludes halogenated alkanes) is 1. The monoisotopic (exact) mass is 478 g/mol. The van der Waals surface area contributed by atoms with Crippen molar-refractivity contribution in [2.24, 2.45) is 10.9 Å². The Bertz CT molecular complexity index is 481. The molecular weight excluding hydrogens is 443 g/mol. The Kier molecular flexibility index (Phi) is 15.4. The van der Waals surface area contributed by atoms with Crippen molar-refractivity contribution in [1.82, 2.24) is 15.6 Å². The van der Waals surface area contributed by atoms with Crippen molar-refractivity contribution >= 4 is 29.9 Å². The van der Waals surface area contributed by atoms with Gasteiger partial charge in [-0.2, -0.15) is 0 Å². The second-order valence-corrected chi connectivity index (χ2v) is 6.36. The average molecular weight is 478 g/mol. The third kappa shape index (κ3) is 12.3. The van der Waals surface area contributed by atoms with Gasteiger partial charge in [-0.1, -0.05) is 32.8 Å². The van der Waals surface area contributed by atoms with E-state index in [9.17, 15) is 0 Å². The fourth-order valence-corrected chi connectivity index (χ4v) is 2.22. The number of pyridine rings is 1. The number of rotatable bonds is 12. The van der Waals surface area contributed by atoms with Crippen LogP contribution < -0.4 is 15.4 Å². The van der Waals surface area contributed by atoms with E-state index in [2.05, 4.69) is 41.4 Å². The molecule has 1 aromatic rings. The molecule has 0 aliphatic heterocycles. The summed E-state index contributed by atoms with van der Waals surface area (Å²) in [6.45, 7) is 10.1. The molecule has 0 aliphatic carbocycles. The summed E-state index contributed by atoms with van der Waals surface area (Å²) < 4.78 is 10.4. The van der Waals surface area contributed by atoms with E-state index in [-0.39, 0.29) is 24.0 Å². The molecule has 0 aliphatic rings. The molecule has 0 spiro atoms. The van der Waals surface area contributed by atoms with Gasteiger partial charge < -0.3 is 20.1 Å². The zero-order valence-corrected chi connectivity index (χ0v) is 18.9. The fourth-order valence-electron chi connectivity index (χ4n) is 2.22. The lowest BCUT2D eigenvalue weighted by Gasteiger charge is -2.11. The minimum absolute atomic E-state index is 0. The summed E-state index contributed by atoms with van der Waals surface area (Å²) in [5.41, 5.74) is 1.05. The summed E-state index contributed by atoms with van der Waals surface area (Å²) in [6.07, 6.45) is 5.49. The predicted molar refractivity (Wildman–Crippen MR) is 119 cm³/mol. The van der Waals surface area contributed by atoms with Crippen LogP contribution in [0.5, 0.6) is 5.88 Å². The van der Waals surface area contributed by atoms with Gasteiger partial charge in [-0.05, 0) is 24.8 Å². The van der Waals surface area contributed by atoms with Gasteiger partial charge in [0, 0.05) is 32.5 Å². The number of aromatic nitrogens is 1. The molecule has 7 heteroatoms. The topological polar surface area (TPSA) is 67.8 Å². The zero-order chi connectivity index (χ0) is 18.3. The van der Waals surface area contributed by atoms with Crippen LogP contribution in [0.3, 0.4) is 0 Å². The maximum Gasteiger partial charge on any atom is 0.213 e. The van der Waals surface area contributed by atoms with E-state index in [0.29, 0.717) is 25.6 Å². The number of guanidine groups is 1. The molecule has 0 unspecified atom stereocenters. The molecule has 0 amide bonds. The molecule has 26 heavy (non-hydrogen) atoms. The van der Waals surface area contributed by atoms with Crippen molar-refractivity contribution in [2.75, 3.05) is 33.4 Å². The van der Waals surface area contributed by atoms with Crippen LogP contribution in [-0.4, -0.2) is 44.4 Å². The number of hydrogen-bond acceptors (Lipinski definition) is 4. The van der Waals surface area contributed by atoms with E-state index < -0.39 is 0 Å². The number of methoxy groups -OCH3 is 1. The smallest absolute Gasteiger partial charge is 0.213 e. The van der Waals surface area contributed by atoms with E-state index in [1.165, 1.54) is 12.8 Å². The molecule has 0 aromatic carbocycles. The molecule has 0 saturated carbocycles. The van der Waals surface area contributed by atoms with E-state index >= 15 is 0 Å². The summed E-state index contributed by atoms with van der Waals surface area (Å²) >= 11 is 0. The van der Waals surface area contributed by atoms with Crippen LogP contribution in [0.15, 0.2) is 23.3 Å². The summed E-state index contributed by atoms with van der Waals surface area (Å²) in [4.78, 5) is 8.90. The van der Waals surface area contributed by atoms with Gasteiger partial charge in [0.1, 0.15) is 6.61 Å². The average Bonchev–Trinajstić information content (AvgIpc) is 2.60. The second kappa shape index (κ2) is 16.1. The summed E-state index contributed by atoms with van der Waals surface area (Å²) in [7, 11) is 1.65. The maximum absolute atomic E-state index is 5.46. The van der Waals surface area contributed by atoms with Gasteiger partial charge in [0.25, 0.3) is 0 Å². The highest BCUT2D eigenvalue weighted by atomic mass is 127. The van der Waals surface area contributed by atoms with E-state index in [0.717, 1.165) is 37.0 Å². The van der Waals surface area contributed by atoms with Crippen LogP contribution in [0.1, 0.15) is 45.6 Å². The van der Waals surface area contributed by atoms with Crippen LogP contribution in [0.25, 0.3) is 0 Å². The molecule has 6 nitrogen and oxygen atoms in total. The third-order valence-corrected chi connectivity index (χ3v) is 3.60. The summed E-state index contributed by atoms with van der Waals surface area (Å²) in [5, 5.41) is 6.67. The van der Waals surface area contributed by atoms with Crippen molar-refractivity contribution in [1.29, 1.82) is 0 Å². The van der Waals surface area contributed by atoms with Crippen molar-refractivity contribution in [3.63, 3.8) is 0 Å². The number of nitrogens with one attached hydrogen (secondary N) is 2. The lowest BCUT2D eigenvalue weighted by Crippen LogP contribution is -2.37. The molecule has 1 rings (SSSR count). The van der Waals surface area contributed by atoms with Gasteiger partial charge >= 0.3 is 0 Å². The Labute approximate surface area is 175 Å². The van der Waals surface area contributed by atoms with Crippen LogP contribution in [-0.2, 0) is 11.3 Å². The fraction of sp³-hybridized carbons (Fsp3) is 0.684. The largest absolute Gasteiger partial charge is 0.475 e. The summed E-state index contributed by atoms with van der Waals surface area (Å²) in [5.74, 6) is 2.24. The lowest BCUT2D eigenvalue weighted by molar-refractivity contribution is 0.143. The van der Waals surface area contributed by atoms with Crippen LogP contribution in [0, 0.1) is 5.92 Å². The molecule has 1 aromatic heterocycles. The van der Waals surface area contributed by atoms with E-state index in [4.69, 9.17) is 9.47 Å². The van der Waals surface area contributed by atoms with E-state index in [1.807, 2.05) is 12.1 Å². The molecule has 0 atom stereocenters. The number of halogens is 1. The third-order valence-electron chi connectivity index (χ3n) is 3.60. The Morgan fingerprint density at radius 2 is 2.00 bits per heavy atom. The van der Waals surface area contributed by atoms with Crippen LogP contribution in [0.4, 0.5) is 0 Å². The van der Waals surface area contributed by atoms with Crippen molar-refractivity contribution < 1.29 is 9.47 Å². The Morgan fingerprint density at radius 1 is 1.19 bits per heavy atom. The molecule has 0 bridgehead atoms. The van der Waals surface area contributed by atoms with Crippen molar-refractivity contribution in [3.8, 4) is 5.88 Å². The van der Waals surface area contributed by atoms with Gasteiger partial charge in [-0.25, -0.2) is 9.98 Å². The first kappa shape index (κ1) is 24.9. The number of ether oxygens (including phenoxy) is 2. The van der Waals surface area contributed by atoms with Crippen molar-refractivity contribution in [2.45, 2.75) is 46.6 Å². The highest BCUT2D eigenvalue weighted by molar-refractivity contribution is 14.0. The molecular formula is C19H35IN4O2. The number of nitrogens with zero attached hydrogens (tertiary/aromatic N) is 2. The minimum Gasteiger partial charge on any atom is -0.475 e. The first-order valence-electron chi connectivity index (χ1n) is 9.24. The molecule has 0 radical (unpaired) electrons. The standard InChI is InChI=1S/C19H34N4O2.HI/c1-5-20-19(21-11-7-6-8-16(2)3)23-15-17-9-10-18(22-14-17)25-13-12-24-4;/h9-10,14,16H,5-8,11-13,15H2,1-4H3,(H2,20,21,23);1H. The maximum atomic E-state index is 5.46. The van der Waals surface area contributed by atoms with Crippen LogP contribution >= 0.6 is 24.0 Å². The lowest BCUT2D eigenvalue weighted by atomic mass is 10.1. The predicted octanol–water partition coefficient (Wildman–Crippen LogP) is 3.61. The van der Waals surface area contributed by atoms with Gasteiger partial charge in [-0.15, -0.1) is 24.0 Å². The SMILES string of the molecule is CCNC(=NCc1ccc(OCCOC)nc1)NCCCCC(C)C.I.